The lowest BCUT2D eigenvalue weighted by Gasteiger charge is -2.29. The minimum atomic E-state index is -0.492. The molecule has 1 unspecified atom stereocenters. The SMILES string of the molecule is COC(=O)C1CCCN(C(=O)Cl)C1. The van der Waals surface area contributed by atoms with Crippen LogP contribution in [0.5, 0.6) is 0 Å². The zero-order valence-corrected chi connectivity index (χ0v) is 8.21. The van der Waals surface area contributed by atoms with Crippen LogP contribution in [0.1, 0.15) is 12.8 Å². The molecule has 0 spiro atoms. The van der Waals surface area contributed by atoms with Crippen molar-refractivity contribution in [1.29, 1.82) is 0 Å². The number of ether oxygens (including phenoxy) is 1. The molecule has 1 amide bonds. The van der Waals surface area contributed by atoms with Crippen LogP contribution in [0.4, 0.5) is 4.79 Å². The highest BCUT2D eigenvalue weighted by Gasteiger charge is 2.28. The molecule has 1 atom stereocenters. The number of esters is 1. The molecule has 0 radical (unpaired) electrons. The molecule has 1 heterocycles. The van der Waals surface area contributed by atoms with E-state index in [1.54, 1.807) is 0 Å². The Morgan fingerprint density at radius 2 is 2.23 bits per heavy atom. The lowest BCUT2D eigenvalue weighted by atomic mass is 9.99. The predicted octanol–water partition coefficient (Wildman–Crippen LogP) is 1.23. The van der Waals surface area contributed by atoms with E-state index in [9.17, 15) is 9.59 Å². The highest BCUT2D eigenvalue weighted by molar-refractivity contribution is 6.62. The van der Waals surface area contributed by atoms with Crippen LogP contribution in [0.3, 0.4) is 0 Å². The third-order valence-corrected chi connectivity index (χ3v) is 2.44. The Kier molecular flexibility index (Phi) is 3.54. The molecule has 1 rings (SSSR count). The summed E-state index contributed by atoms with van der Waals surface area (Å²) in [5.41, 5.74) is 0. The van der Waals surface area contributed by atoms with Gasteiger partial charge in [0.1, 0.15) is 0 Å². The highest BCUT2D eigenvalue weighted by Crippen LogP contribution is 2.18. The normalized spacial score (nSPS) is 22.6. The first-order chi connectivity index (χ1) is 6.15. The summed E-state index contributed by atoms with van der Waals surface area (Å²) < 4.78 is 4.60. The molecule has 0 saturated carbocycles. The topological polar surface area (TPSA) is 46.6 Å². The van der Waals surface area contributed by atoms with Gasteiger partial charge in [0.05, 0.1) is 13.0 Å². The summed E-state index contributed by atoms with van der Waals surface area (Å²) in [6.45, 7) is 1.02. The van der Waals surface area contributed by atoms with Gasteiger partial charge in [-0.3, -0.25) is 9.59 Å². The molecular formula is C8H12ClNO3. The summed E-state index contributed by atoms with van der Waals surface area (Å²) in [6, 6.07) is 0. The van der Waals surface area contributed by atoms with Crippen LogP contribution in [0.15, 0.2) is 0 Å². The molecule has 0 aromatic carbocycles. The van der Waals surface area contributed by atoms with Crippen molar-refractivity contribution in [3.8, 4) is 0 Å². The predicted molar refractivity (Wildman–Crippen MR) is 47.6 cm³/mol. The van der Waals surface area contributed by atoms with E-state index in [1.165, 1.54) is 12.0 Å². The summed E-state index contributed by atoms with van der Waals surface area (Å²) in [5, 5.41) is -0.492. The quantitative estimate of drug-likeness (QED) is 0.368. The van der Waals surface area contributed by atoms with Crippen molar-refractivity contribution in [2.24, 2.45) is 5.92 Å². The largest absolute Gasteiger partial charge is 0.469 e. The first-order valence-corrected chi connectivity index (χ1v) is 4.55. The molecule has 4 nitrogen and oxygen atoms in total. The Bertz CT molecular complexity index is 219. The number of hydrogen-bond acceptors (Lipinski definition) is 3. The van der Waals surface area contributed by atoms with Crippen LogP contribution >= 0.6 is 11.6 Å². The highest BCUT2D eigenvalue weighted by atomic mass is 35.5. The molecular weight excluding hydrogens is 194 g/mol. The standard InChI is InChI=1S/C8H12ClNO3/c1-13-7(11)6-3-2-4-10(5-6)8(9)12/h6H,2-5H2,1H3. The van der Waals surface area contributed by atoms with Crippen molar-refractivity contribution in [2.45, 2.75) is 12.8 Å². The van der Waals surface area contributed by atoms with E-state index < -0.39 is 5.37 Å². The minimum Gasteiger partial charge on any atom is -0.469 e. The van der Waals surface area contributed by atoms with E-state index in [0.29, 0.717) is 13.1 Å². The average molecular weight is 206 g/mol. The van der Waals surface area contributed by atoms with Crippen LogP contribution in [0.25, 0.3) is 0 Å². The maximum absolute atomic E-state index is 11.1. The average Bonchev–Trinajstić information content (AvgIpc) is 2.17. The number of nitrogens with zero attached hydrogens (tertiary/aromatic N) is 1. The molecule has 0 aromatic heterocycles. The monoisotopic (exact) mass is 205 g/mol. The van der Waals surface area contributed by atoms with Crippen molar-refractivity contribution >= 4 is 22.9 Å². The Balaban J connectivity index is 2.51. The first-order valence-electron chi connectivity index (χ1n) is 4.17. The van der Waals surface area contributed by atoms with Gasteiger partial charge in [0.25, 0.3) is 0 Å². The van der Waals surface area contributed by atoms with Gasteiger partial charge in [0.15, 0.2) is 0 Å². The molecule has 13 heavy (non-hydrogen) atoms. The van der Waals surface area contributed by atoms with Gasteiger partial charge in [0.2, 0.25) is 0 Å². The van der Waals surface area contributed by atoms with Crippen molar-refractivity contribution in [3.05, 3.63) is 0 Å². The fraction of sp³-hybridized carbons (Fsp3) is 0.750. The second-order valence-corrected chi connectivity index (χ2v) is 3.38. The Hall–Kier alpha value is -0.770. The van der Waals surface area contributed by atoms with E-state index in [-0.39, 0.29) is 11.9 Å². The number of amides is 1. The van der Waals surface area contributed by atoms with E-state index in [0.717, 1.165) is 12.8 Å². The second-order valence-electron chi connectivity index (χ2n) is 3.06. The number of piperidine rings is 1. The summed E-state index contributed by atoms with van der Waals surface area (Å²) in [4.78, 5) is 23.4. The number of methoxy groups -OCH3 is 1. The van der Waals surface area contributed by atoms with Crippen LogP contribution in [0, 0.1) is 5.92 Å². The molecule has 5 heteroatoms. The van der Waals surface area contributed by atoms with Gasteiger partial charge in [-0.15, -0.1) is 0 Å². The van der Waals surface area contributed by atoms with E-state index in [2.05, 4.69) is 4.74 Å². The first kappa shape index (κ1) is 10.3. The number of hydrogen-bond donors (Lipinski definition) is 0. The zero-order valence-electron chi connectivity index (χ0n) is 7.46. The van der Waals surface area contributed by atoms with Gasteiger partial charge in [-0.1, -0.05) is 0 Å². The summed E-state index contributed by atoms with van der Waals surface area (Å²) in [6.07, 6.45) is 1.57. The maximum Gasteiger partial charge on any atom is 0.316 e. The van der Waals surface area contributed by atoms with Gasteiger partial charge in [0, 0.05) is 13.1 Å². The molecule has 0 bridgehead atoms. The van der Waals surface area contributed by atoms with Crippen LogP contribution in [-0.2, 0) is 9.53 Å². The fourth-order valence-electron chi connectivity index (χ4n) is 1.50. The minimum absolute atomic E-state index is 0.207. The summed E-state index contributed by atoms with van der Waals surface area (Å²) in [7, 11) is 1.35. The Labute approximate surface area is 81.8 Å². The fourth-order valence-corrected chi connectivity index (χ4v) is 1.65. The Morgan fingerprint density at radius 1 is 1.54 bits per heavy atom. The molecule has 1 aliphatic rings. The van der Waals surface area contributed by atoms with Crippen molar-refractivity contribution < 1.29 is 14.3 Å². The number of halogens is 1. The lowest BCUT2D eigenvalue weighted by molar-refractivity contribution is -0.146. The van der Waals surface area contributed by atoms with Gasteiger partial charge < -0.3 is 9.64 Å². The molecule has 0 N–H and O–H groups in total. The van der Waals surface area contributed by atoms with Gasteiger partial charge in [-0.05, 0) is 24.4 Å². The van der Waals surface area contributed by atoms with Crippen molar-refractivity contribution in [1.82, 2.24) is 4.90 Å². The zero-order chi connectivity index (χ0) is 9.84. The number of carbonyl (C=O) groups is 2. The smallest absolute Gasteiger partial charge is 0.316 e. The van der Waals surface area contributed by atoms with Gasteiger partial charge in [-0.2, -0.15) is 0 Å². The number of carbonyl (C=O) groups excluding carboxylic acids is 2. The van der Waals surface area contributed by atoms with Crippen molar-refractivity contribution in [2.75, 3.05) is 20.2 Å². The maximum atomic E-state index is 11.1. The van der Waals surface area contributed by atoms with Crippen LogP contribution in [-0.4, -0.2) is 36.4 Å². The van der Waals surface area contributed by atoms with Crippen LogP contribution < -0.4 is 0 Å². The Morgan fingerprint density at radius 3 is 2.77 bits per heavy atom. The molecule has 0 aromatic rings. The van der Waals surface area contributed by atoms with E-state index in [4.69, 9.17) is 11.6 Å². The summed E-state index contributed by atoms with van der Waals surface area (Å²) in [5.74, 6) is -0.468. The van der Waals surface area contributed by atoms with Crippen LogP contribution in [0.2, 0.25) is 0 Å². The van der Waals surface area contributed by atoms with Gasteiger partial charge in [-0.25, -0.2) is 0 Å². The number of likely N-dealkylation sites (tertiary alicyclic amines) is 1. The molecule has 1 aliphatic heterocycles. The lowest BCUT2D eigenvalue weighted by Crippen LogP contribution is -2.40. The van der Waals surface area contributed by atoms with E-state index >= 15 is 0 Å². The third kappa shape index (κ3) is 2.59. The molecule has 0 aliphatic carbocycles. The van der Waals surface area contributed by atoms with E-state index in [1.807, 2.05) is 0 Å². The molecule has 74 valence electrons. The third-order valence-electron chi connectivity index (χ3n) is 2.20. The van der Waals surface area contributed by atoms with Gasteiger partial charge >= 0.3 is 11.3 Å². The molecule has 1 fully saturated rings. The summed E-state index contributed by atoms with van der Waals surface area (Å²) >= 11 is 5.30. The van der Waals surface area contributed by atoms with Crippen molar-refractivity contribution in [3.63, 3.8) is 0 Å². The number of rotatable bonds is 1. The molecule has 1 saturated heterocycles. The second kappa shape index (κ2) is 4.46.